The molecule has 0 atom stereocenters. The van der Waals surface area contributed by atoms with E-state index in [0.717, 1.165) is 12.1 Å². The van der Waals surface area contributed by atoms with E-state index in [2.05, 4.69) is 33.5 Å². The Morgan fingerprint density at radius 3 is 2.67 bits per heavy atom. The summed E-state index contributed by atoms with van der Waals surface area (Å²) in [5.74, 6) is 0.600. The number of hydrogen-bond acceptors (Lipinski definition) is 4. The molecule has 92 valence electrons. The fraction of sp³-hybridized carbons (Fsp3) is 0.286. The summed E-state index contributed by atoms with van der Waals surface area (Å²) < 4.78 is 0. The van der Waals surface area contributed by atoms with Crippen LogP contribution in [0.1, 0.15) is 24.0 Å². The molecule has 1 aromatic heterocycles. The number of nitrogens with one attached hydrogen (secondary N) is 1. The van der Waals surface area contributed by atoms with Crippen LogP contribution >= 0.6 is 0 Å². The van der Waals surface area contributed by atoms with Gasteiger partial charge >= 0.3 is 0 Å². The van der Waals surface area contributed by atoms with Gasteiger partial charge in [0.2, 0.25) is 5.95 Å². The number of nitrogen functional groups attached to an aromatic ring is 1. The number of anilines is 3. The number of fused-ring (bicyclic) bond motifs is 1. The SMILES string of the molecule is Nc1cnc(Nc2cccc3c2CCCC3)nc1. The molecule has 1 aliphatic rings. The third-order valence-corrected chi connectivity index (χ3v) is 3.31. The van der Waals surface area contributed by atoms with E-state index in [-0.39, 0.29) is 0 Å². The van der Waals surface area contributed by atoms with Gasteiger partial charge in [0.15, 0.2) is 0 Å². The Balaban J connectivity index is 1.90. The van der Waals surface area contributed by atoms with Gasteiger partial charge < -0.3 is 11.1 Å². The largest absolute Gasteiger partial charge is 0.396 e. The topological polar surface area (TPSA) is 63.8 Å². The summed E-state index contributed by atoms with van der Waals surface area (Å²) in [6.45, 7) is 0. The molecule has 0 saturated heterocycles. The molecule has 3 N–H and O–H groups in total. The van der Waals surface area contributed by atoms with Crippen LogP contribution in [0.5, 0.6) is 0 Å². The van der Waals surface area contributed by atoms with Crippen LogP contribution in [-0.2, 0) is 12.8 Å². The van der Waals surface area contributed by atoms with Crippen LogP contribution in [0, 0.1) is 0 Å². The lowest BCUT2D eigenvalue weighted by molar-refractivity contribution is 0.687. The van der Waals surface area contributed by atoms with E-state index in [1.165, 1.54) is 30.4 Å². The van der Waals surface area contributed by atoms with Gasteiger partial charge in [-0.1, -0.05) is 12.1 Å². The van der Waals surface area contributed by atoms with Crippen molar-refractivity contribution in [1.82, 2.24) is 9.97 Å². The second kappa shape index (κ2) is 4.64. The molecule has 0 saturated carbocycles. The lowest BCUT2D eigenvalue weighted by Crippen LogP contribution is -2.07. The highest BCUT2D eigenvalue weighted by Gasteiger charge is 2.13. The molecule has 1 aromatic carbocycles. The van der Waals surface area contributed by atoms with E-state index in [1.54, 1.807) is 12.4 Å². The minimum atomic E-state index is 0.579. The number of aromatic nitrogens is 2. The first-order valence-electron chi connectivity index (χ1n) is 6.28. The Kier molecular flexibility index (Phi) is 2.84. The van der Waals surface area contributed by atoms with Crippen molar-refractivity contribution in [2.24, 2.45) is 0 Å². The van der Waals surface area contributed by atoms with Gasteiger partial charge in [0.25, 0.3) is 0 Å². The van der Waals surface area contributed by atoms with Crippen molar-refractivity contribution >= 4 is 17.3 Å². The predicted molar refractivity (Wildman–Crippen MR) is 72.8 cm³/mol. The lowest BCUT2D eigenvalue weighted by atomic mass is 9.90. The number of nitrogens with two attached hydrogens (primary N) is 1. The van der Waals surface area contributed by atoms with Gasteiger partial charge in [-0.05, 0) is 42.9 Å². The summed E-state index contributed by atoms with van der Waals surface area (Å²) in [5.41, 5.74) is 10.1. The molecule has 4 heteroatoms. The Morgan fingerprint density at radius 1 is 1.06 bits per heavy atom. The molecule has 0 bridgehead atoms. The summed E-state index contributed by atoms with van der Waals surface area (Å²) in [4.78, 5) is 8.35. The van der Waals surface area contributed by atoms with E-state index < -0.39 is 0 Å². The smallest absolute Gasteiger partial charge is 0.227 e. The van der Waals surface area contributed by atoms with Crippen molar-refractivity contribution in [3.05, 3.63) is 41.7 Å². The highest BCUT2D eigenvalue weighted by molar-refractivity contribution is 5.61. The molecule has 4 nitrogen and oxygen atoms in total. The first kappa shape index (κ1) is 11.0. The van der Waals surface area contributed by atoms with Gasteiger partial charge in [-0.3, -0.25) is 0 Å². The standard InChI is InChI=1S/C14H16N4/c15-11-8-16-14(17-9-11)18-13-7-3-5-10-4-1-2-6-12(10)13/h3,5,7-9H,1-2,4,6,15H2,(H,16,17,18). The summed E-state index contributed by atoms with van der Waals surface area (Å²) in [6.07, 6.45) is 8.08. The first-order chi connectivity index (χ1) is 8.83. The van der Waals surface area contributed by atoms with Crippen LogP contribution in [0.3, 0.4) is 0 Å². The average molecular weight is 240 g/mol. The number of benzene rings is 1. The highest BCUT2D eigenvalue weighted by Crippen LogP contribution is 2.29. The van der Waals surface area contributed by atoms with Gasteiger partial charge in [-0.25, -0.2) is 9.97 Å². The molecule has 18 heavy (non-hydrogen) atoms. The molecule has 0 aliphatic heterocycles. The maximum Gasteiger partial charge on any atom is 0.227 e. The highest BCUT2D eigenvalue weighted by atomic mass is 15.1. The van der Waals surface area contributed by atoms with E-state index in [4.69, 9.17) is 5.73 Å². The quantitative estimate of drug-likeness (QED) is 0.847. The molecule has 0 spiro atoms. The number of aryl methyl sites for hydroxylation is 1. The zero-order valence-electron chi connectivity index (χ0n) is 10.2. The molecular formula is C14H16N4. The van der Waals surface area contributed by atoms with Gasteiger partial charge in [-0.2, -0.15) is 0 Å². The van der Waals surface area contributed by atoms with Crippen molar-refractivity contribution in [2.45, 2.75) is 25.7 Å². The lowest BCUT2D eigenvalue weighted by Gasteiger charge is -2.19. The number of hydrogen-bond donors (Lipinski definition) is 2. The monoisotopic (exact) mass is 240 g/mol. The maximum atomic E-state index is 5.58. The zero-order valence-corrected chi connectivity index (χ0v) is 10.2. The number of rotatable bonds is 2. The fourth-order valence-electron chi connectivity index (χ4n) is 2.42. The van der Waals surface area contributed by atoms with E-state index in [9.17, 15) is 0 Å². The normalized spacial score (nSPS) is 14.0. The molecule has 0 radical (unpaired) electrons. The van der Waals surface area contributed by atoms with Crippen LogP contribution in [0.15, 0.2) is 30.6 Å². The minimum Gasteiger partial charge on any atom is -0.396 e. The molecule has 1 aliphatic carbocycles. The minimum absolute atomic E-state index is 0.579. The summed E-state index contributed by atoms with van der Waals surface area (Å²) in [7, 11) is 0. The zero-order chi connectivity index (χ0) is 12.4. The Morgan fingerprint density at radius 2 is 1.83 bits per heavy atom. The summed E-state index contributed by atoms with van der Waals surface area (Å²) >= 11 is 0. The van der Waals surface area contributed by atoms with E-state index in [1.807, 2.05) is 0 Å². The van der Waals surface area contributed by atoms with Crippen molar-refractivity contribution < 1.29 is 0 Å². The van der Waals surface area contributed by atoms with Crippen molar-refractivity contribution in [1.29, 1.82) is 0 Å². The third-order valence-electron chi connectivity index (χ3n) is 3.31. The van der Waals surface area contributed by atoms with Crippen LogP contribution in [0.4, 0.5) is 17.3 Å². The van der Waals surface area contributed by atoms with Crippen molar-refractivity contribution in [3.63, 3.8) is 0 Å². The van der Waals surface area contributed by atoms with Crippen LogP contribution in [-0.4, -0.2) is 9.97 Å². The Labute approximate surface area is 106 Å². The predicted octanol–water partition coefficient (Wildman–Crippen LogP) is 2.68. The molecule has 1 heterocycles. The van der Waals surface area contributed by atoms with Gasteiger partial charge in [0, 0.05) is 5.69 Å². The molecular weight excluding hydrogens is 224 g/mol. The second-order valence-electron chi connectivity index (χ2n) is 4.62. The first-order valence-corrected chi connectivity index (χ1v) is 6.28. The fourth-order valence-corrected chi connectivity index (χ4v) is 2.42. The molecule has 2 aromatic rings. The van der Waals surface area contributed by atoms with Crippen LogP contribution < -0.4 is 11.1 Å². The molecule has 0 amide bonds. The van der Waals surface area contributed by atoms with E-state index >= 15 is 0 Å². The van der Waals surface area contributed by atoms with Gasteiger partial charge in [0.1, 0.15) is 0 Å². The van der Waals surface area contributed by atoms with E-state index in [0.29, 0.717) is 11.6 Å². The summed E-state index contributed by atoms with van der Waals surface area (Å²) in [5, 5.41) is 3.28. The number of nitrogens with zero attached hydrogens (tertiary/aromatic N) is 2. The van der Waals surface area contributed by atoms with Crippen LogP contribution in [0.2, 0.25) is 0 Å². The maximum absolute atomic E-state index is 5.58. The van der Waals surface area contributed by atoms with Crippen LogP contribution in [0.25, 0.3) is 0 Å². The van der Waals surface area contributed by atoms with Gasteiger partial charge in [0.05, 0.1) is 18.1 Å². The third kappa shape index (κ3) is 2.14. The van der Waals surface area contributed by atoms with Crippen molar-refractivity contribution in [2.75, 3.05) is 11.1 Å². The Bertz CT molecular complexity index is 548. The molecule has 0 unspecified atom stereocenters. The van der Waals surface area contributed by atoms with Gasteiger partial charge in [-0.15, -0.1) is 0 Å². The molecule has 3 rings (SSSR count). The Hall–Kier alpha value is -2.10. The van der Waals surface area contributed by atoms with Crippen molar-refractivity contribution in [3.8, 4) is 0 Å². The average Bonchev–Trinajstić information content (AvgIpc) is 2.42. The summed E-state index contributed by atoms with van der Waals surface area (Å²) in [6, 6.07) is 6.39. The second-order valence-corrected chi connectivity index (χ2v) is 4.62. The molecule has 0 fully saturated rings.